The average Bonchev–Trinajstić information content (AvgIpc) is 3.18. The molecule has 0 radical (unpaired) electrons. The summed E-state index contributed by atoms with van der Waals surface area (Å²) in [6.45, 7) is 5.01. The van der Waals surface area contributed by atoms with E-state index in [4.69, 9.17) is 9.15 Å². The molecule has 2 aromatic heterocycles. The Morgan fingerprint density at radius 1 is 1.17 bits per heavy atom. The summed E-state index contributed by atoms with van der Waals surface area (Å²) in [7, 11) is 0. The fourth-order valence-electron chi connectivity index (χ4n) is 2.84. The molecule has 29 heavy (non-hydrogen) atoms. The van der Waals surface area contributed by atoms with E-state index in [-0.39, 0.29) is 5.82 Å². The number of carbonyl (C=O) groups excluding carboxylic acids is 1. The highest BCUT2D eigenvalue weighted by Gasteiger charge is 2.16. The van der Waals surface area contributed by atoms with Crippen molar-refractivity contribution in [2.75, 3.05) is 13.1 Å². The van der Waals surface area contributed by atoms with Crippen LogP contribution in [0.2, 0.25) is 0 Å². The van der Waals surface area contributed by atoms with E-state index < -0.39 is 6.09 Å². The van der Waals surface area contributed by atoms with Gasteiger partial charge in [0, 0.05) is 30.8 Å². The first kappa shape index (κ1) is 20.5. The lowest BCUT2D eigenvalue weighted by molar-refractivity contribution is 0.151. The summed E-state index contributed by atoms with van der Waals surface area (Å²) in [5, 5.41) is 0. The summed E-state index contributed by atoms with van der Waals surface area (Å²) in [5.41, 5.74) is 2.32. The van der Waals surface area contributed by atoms with Crippen LogP contribution < -0.4 is 4.74 Å². The van der Waals surface area contributed by atoms with E-state index in [0.29, 0.717) is 43.3 Å². The third kappa shape index (κ3) is 5.88. The molecule has 3 aromatic rings. The van der Waals surface area contributed by atoms with Crippen molar-refractivity contribution in [3.8, 4) is 17.0 Å². The molecule has 0 aliphatic rings. The van der Waals surface area contributed by atoms with Gasteiger partial charge in [0.1, 0.15) is 17.8 Å². The third-order valence-electron chi connectivity index (χ3n) is 4.35. The van der Waals surface area contributed by atoms with E-state index in [9.17, 15) is 9.18 Å². The molecule has 0 aliphatic carbocycles. The van der Waals surface area contributed by atoms with E-state index in [1.54, 1.807) is 41.6 Å². The van der Waals surface area contributed by atoms with Crippen LogP contribution >= 0.6 is 0 Å². The van der Waals surface area contributed by atoms with Gasteiger partial charge < -0.3 is 14.1 Å². The van der Waals surface area contributed by atoms with E-state index in [1.165, 1.54) is 12.1 Å². The van der Waals surface area contributed by atoms with Crippen LogP contribution in [0.4, 0.5) is 9.18 Å². The van der Waals surface area contributed by atoms with E-state index in [2.05, 4.69) is 9.97 Å². The summed E-state index contributed by atoms with van der Waals surface area (Å²) in [6.07, 6.45) is 4.81. The number of pyridine rings is 1. The number of hydrogen-bond donors (Lipinski definition) is 0. The van der Waals surface area contributed by atoms with Crippen molar-refractivity contribution in [1.82, 2.24) is 14.9 Å². The van der Waals surface area contributed by atoms with Gasteiger partial charge >= 0.3 is 6.09 Å². The number of ether oxygens (including phenoxy) is 1. The number of aromatic nitrogens is 2. The smallest absolute Gasteiger partial charge is 0.415 e. The SMILES string of the molecule is CCCN(CCCc1nc(-c2ccc(F)cc2)co1)C(=O)Oc1ccc(C)nc1. The predicted octanol–water partition coefficient (Wildman–Crippen LogP) is 5.03. The Morgan fingerprint density at radius 2 is 1.97 bits per heavy atom. The van der Waals surface area contributed by atoms with Crippen molar-refractivity contribution in [2.45, 2.75) is 33.1 Å². The van der Waals surface area contributed by atoms with Crippen LogP contribution in [0.3, 0.4) is 0 Å². The second-order valence-corrected chi connectivity index (χ2v) is 6.73. The normalized spacial score (nSPS) is 10.7. The Labute approximate surface area is 169 Å². The minimum Gasteiger partial charge on any atom is -0.448 e. The fourth-order valence-corrected chi connectivity index (χ4v) is 2.84. The number of nitrogens with zero attached hydrogens (tertiary/aromatic N) is 3. The summed E-state index contributed by atoms with van der Waals surface area (Å²) in [5.74, 6) is 0.719. The highest BCUT2D eigenvalue weighted by Crippen LogP contribution is 2.19. The number of benzene rings is 1. The molecule has 0 unspecified atom stereocenters. The summed E-state index contributed by atoms with van der Waals surface area (Å²) < 4.78 is 24.0. The van der Waals surface area contributed by atoms with E-state index in [1.807, 2.05) is 13.8 Å². The van der Waals surface area contributed by atoms with Crippen LogP contribution in [0.25, 0.3) is 11.3 Å². The maximum atomic E-state index is 13.0. The minimum atomic E-state index is -0.392. The Hall–Kier alpha value is -3.22. The molecule has 0 aliphatic heterocycles. The predicted molar refractivity (Wildman–Crippen MR) is 107 cm³/mol. The van der Waals surface area contributed by atoms with Gasteiger partial charge in [-0.15, -0.1) is 0 Å². The summed E-state index contributed by atoms with van der Waals surface area (Å²) in [6, 6.07) is 9.64. The van der Waals surface area contributed by atoms with Gasteiger partial charge in [-0.2, -0.15) is 0 Å². The molecule has 6 nitrogen and oxygen atoms in total. The second kappa shape index (κ2) is 9.82. The topological polar surface area (TPSA) is 68.5 Å². The molecule has 0 bridgehead atoms. The van der Waals surface area contributed by atoms with Crippen molar-refractivity contribution >= 4 is 6.09 Å². The van der Waals surface area contributed by atoms with Crippen molar-refractivity contribution in [1.29, 1.82) is 0 Å². The number of aryl methyl sites for hydroxylation is 2. The molecular formula is C22H24FN3O3. The van der Waals surface area contributed by atoms with Crippen LogP contribution in [0, 0.1) is 12.7 Å². The number of carbonyl (C=O) groups is 1. The maximum Gasteiger partial charge on any atom is 0.415 e. The monoisotopic (exact) mass is 397 g/mol. The first-order valence-electron chi connectivity index (χ1n) is 9.65. The molecule has 7 heteroatoms. The van der Waals surface area contributed by atoms with Crippen LogP contribution in [0.5, 0.6) is 5.75 Å². The zero-order chi connectivity index (χ0) is 20.6. The molecule has 0 atom stereocenters. The lowest BCUT2D eigenvalue weighted by atomic mass is 10.2. The Bertz CT molecular complexity index is 923. The van der Waals surface area contributed by atoms with Gasteiger partial charge in [-0.3, -0.25) is 4.98 Å². The largest absolute Gasteiger partial charge is 0.448 e. The molecular weight excluding hydrogens is 373 g/mol. The first-order chi connectivity index (χ1) is 14.0. The van der Waals surface area contributed by atoms with Crippen LogP contribution in [0.15, 0.2) is 53.3 Å². The summed E-state index contributed by atoms with van der Waals surface area (Å²) in [4.78, 5) is 22.7. The third-order valence-corrected chi connectivity index (χ3v) is 4.35. The van der Waals surface area contributed by atoms with Gasteiger partial charge in [0.25, 0.3) is 0 Å². The van der Waals surface area contributed by atoms with Crippen LogP contribution in [-0.2, 0) is 6.42 Å². The van der Waals surface area contributed by atoms with Crippen LogP contribution in [-0.4, -0.2) is 34.1 Å². The van der Waals surface area contributed by atoms with Gasteiger partial charge in [-0.05, 0) is 56.2 Å². The Balaban J connectivity index is 1.53. The minimum absolute atomic E-state index is 0.290. The molecule has 0 saturated heterocycles. The molecule has 0 fully saturated rings. The highest BCUT2D eigenvalue weighted by molar-refractivity contribution is 5.70. The zero-order valence-corrected chi connectivity index (χ0v) is 16.6. The number of halogens is 1. The number of oxazole rings is 1. The Morgan fingerprint density at radius 3 is 2.66 bits per heavy atom. The average molecular weight is 397 g/mol. The zero-order valence-electron chi connectivity index (χ0n) is 16.6. The lowest BCUT2D eigenvalue weighted by Gasteiger charge is -2.21. The fraction of sp³-hybridized carbons (Fsp3) is 0.318. The number of hydrogen-bond acceptors (Lipinski definition) is 5. The first-order valence-corrected chi connectivity index (χ1v) is 9.65. The van der Waals surface area contributed by atoms with E-state index >= 15 is 0 Å². The quantitative estimate of drug-likeness (QED) is 0.533. The molecule has 2 heterocycles. The summed E-state index contributed by atoms with van der Waals surface area (Å²) >= 11 is 0. The van der Waals surface area contributed by atoms with Crippen molar-refractivity contribution in [3.05, 3.63) is 66.3 Å². The number of amides is 1. The standard InChI is InChI=1S/C22H24FN3O3/c1-3-12-26(22(27)29-19-11-6-16(2)24-14-19)13-4-5-21-25-20(15-28-21)17-7-9-18(23)10-8-17/h6-11,14-15H,3-5,12-13H2,1-2H3. The highest BCUT2D eigenvalue weighted by atomic mass is 19.1. The molecule has 152 valence electrons. The molecule has 1 amide bonds. The lowest BCUT2D eigenvalue weighted by Crippen LogP contribution is -2.35. The second-order valence-electron chi connectivity index (χ2n) is 6.73. The van der Waals surface area contributed by atoms with Gasteiger partial charge in [-0.25, -0.2) is 14.2 Å². The molecule has 0 N–H and O–H groups in total. The van der Waals surface area contributed by atoms with Crippen molar-refractivity contribution in [3.63, 3.8) is 0 Å². The molecule has 0 spiro atoms. The molecule has 1 aromatic carbocycles. The Kier molecular flexibility index (Phi) is 6.94. The van der Waals surface area contributed by atoms with E-state index in [0.717, 1.165) is 17.7 Å². The molecule has 0 saturated carbocycles. The van der Waals surface area contributed by atoms with Crippen LogP contribution in [0.1, 0.15) is 31.4 Å². The van der Waals surface area contributed by atoms with Gasteiger partial charge in [-0.1, -0.05) is 6.92 Å². The van der Waals surface area contributed by atoms with Gasteiger partial charge in [0.2, 0.25) is 0 Å². The van der Waals surface area contributed by atoms with Gasteiger partial charge in [0.05, 0.1) is 6.20 Å². The molecule has 3 rings (SSSR count). The van der Waals surface area contributed by atoms with Crippen molar-refractivity contribution < 1.29 is 18.3 Å². The van der Waals surface area contributed by atoms with Crippen molar-refractivity contribution in [2.24, 2.45) is 0 Å². The number of rotatable bonds is 8. The van der Waals surface area contributed by atoms with Gasteiger partial charge in [0.15, 0.2) is 11.6 Å². The maximum absolute atomic E-state index is 13.0.